The number of hydrogen-bond donors (Lipinski definition) is 1. The number of carbonyl (C=O) groups excluding carboxylic acids is 1. The van der Waals surface area contributed by atoms with Crippen molar-refractivity contribution in [1.29, 1.82) is 0 Å². The van der Waals surface area contributed by atoms with Gasteiger partial charge in [0.1, 0.15) is 6.54 Å². The van der Waals surface area contributed by atoms with E-state index in [9.17, 15) is 9.90 Å². The van der Waals surface area contributed by atoms with E-state index in [-0.39, 0.29) is 18.4 Å². The van der Waals surface area contributed by atoms with Gasteiger partial charge in [0.25, 0.3) is 0 Å². The molecule has 0 saturated carbocycles. The highest BCUT2D eigenvalue weighted by Gasteiger charge is 2.13. The van der Waals surface area contributed by atoms with Crippen molar-refractivity contribution in [2.24, 2.45) is 0 Å². The number of nitrogens with zero attached hydrogens (tertiary/aromatic N) is 2. The van der Waals surface area contributed by atoms with E-state index >= 15 is 0 Å². The van der Waals surface area contributed by atoms with Crippen LogP contribution in [0.15, 0.2) is 18.5 Å². The minimum absolute atomic E-state index is 0.0190. The lowest BCUT2D eigenvalue weighted by atomic mass is 10.3. The molecule has 2 aromatic rings. The molecule has 2 heterocycles. The van der Waals surface area contributed by atoms with E-state index in [1.54, 1.807) is 23.8 Å². The van der Waals surface area contributed by atoms with Crippen LogP contribution in [-0.2, 0) is 16.1 Å². The molecule has 0 fully saturated rings. The van der Waals surface area contributed by atoms with E-state index in [0.717, 1.165) is 9.09 Å². The Balaban J connectivity index is 2.42. The van der Waals surface area contributed by atoms with E-state index in [2.05, 4.69) is 27.6 Å². The van der Waals surface area contributed by atoms with Gasteiger partial charge in [-0.25, -0.2) is 4.98 Å². The van der Waals surface area contributed by atoms with Crippen LogP contribution >= 0.6 is 22.6 Å². The number of ether oxygens (including phenoxy) is 1. The van der Waals surface area contributed by atoms with Gasteiger partial charge < -0.3 is 14.4 Å². The molecule has 0 bridgehead atoms. The molecule has 2 aromatic heterocycles. The number of carbonyl (C=O) groups is 1. The smallest absolute Gasteiger partial charge is 0.325 e. The Bertz CT molecular complexity index is 565. The fraction of sp³-hybridized carbons (Fsp3) is 0.273. The van der Waals surface area contributed by atoms with Crippen LogP contribution in [0.2, 0.25) is 0 Å². The summed E-state index contributed by atoms with van der Waals surface area (Å²) in [4.78, 5) is 15.2. The van der Waals surface area contributed by atoms with E-state index in [1.807, 2.05) is 0 Å². The molecule has 0 aliphatic rings. The maximum absolute atomic E-state index is 11.4. The van der Waals surface area contributed by atoms with Gasteiger partial charge in [-0.2, -0.15) is 0 Å². The molecular weight excluding hydrogens is 335 g/mol. The first kappa shape index (κ1) is 12.2. The number of hydrogen-bond acceptors (Lipinski definition) is 4. The van der Waals surface area contributed by atoms with Crippen LogP contribution in [0.5, 0.6) is 5.88 Å². The molecule has 0 amide bonds. The second kappa shape index (κ2) is 4.91. The Morgan fingerprint density at radius 1 is 1.65 bits per heavy atom. The lowest BCUT2D eigenvalue weighted by Gasteiger charge is -2.04. The third kappa shape index (κ3) is 2.36. The van der Waals surface area contributed by atoms with Crippen LogP contribution in [0.4, 0.5) is 0 Å². The van der Waals surface area contributed by atoms with E-state index in [4.69, 9.17) is 4.74 Å². The number of fused-ring (bicyclic) bond motifs is 1. The number of aromatic nitrogens is 2. The van der Waals surface area contributed by atoms with Crippen molar-refractivity contribution in [3.8, 4) is 5.88 Å². The lowest BCUT2D eigenvalue weighted by molar-refractivity contribution is -0.143. The van der Waals surface area contributed by atoms with Gasteiger partial charge in [0.05, 0.1) is 17.5 Å². The van der Waals surface area contributed by atoms with Gasteiger partial charge >= 0.3 is 5.97 Å². The quantitative estimate of drug-likeness (QED) is 0.681. The second-order valence-corrected chi connectivity index (χ2v) is 4.60. The fourth-order valence-electron chi connectivity index (χ4n) is 1.66. The predicted molar refractivity (Wildman–Crippen MR) is 70.7 cm³/mol. The normalized spacial score (nSPS) is 10.7. The number of halogens is 1. The summed E-state index contributed by atoms with van der Waals surface area (Å²) < 4.78 is 7.49. The van der Waals surface area contributed by atoms with Crippen LogP contribution in [-0.4, -0.2) is 27.2 Å². The highest BCUT2D eigenvalue weighted by atomic mass is 127. The van der Waals surface area contributed by atoms with Crippen LogP contribution < -0.4 is 0 Å². The number of aromatic hydroxyl groups is 1. The SMILES string of the molecule is CCOC(=O)Cn1cc(I)c2c(O)nccc21. The summed E-state index contributed by atoms with van der Waals surface area (Å²) >= 11 is 2.10. The van der Waals surface area contributed by atoms with Gasteiger partial charge in [-0.15, -0.1) is 0 Å². The van der Waals surface area contributed by atoms with Crippen molar-refractivity contribution in [3.05, 3.63) is 22.0 Å². The minimum Gasteiger partial charge on any atom is -0.493 e. The zero-order valence-electron chi connectivity index (χ0n) is 9.18. The summed E-state index contributed by atoms with van der Waals surface area (Å²) in [5.41, 5.74) is 0.773. The zero-order valence-corrected chi connectivity index (χ0v) is 11.3. The Kier molecular flexibility index (Phi) is 3.51. The number of pyridine rings is 1. The molecule has 0 radical (unpaired) electrons. The molecule has 1 N–H and O–H groups in total. The molecule has 2 rings (SSSR count). The molecule has 90 valence electrons. The van der Waals surface area contributed by atoms with Crippen LogP contribution in [0.25, 0.3) is 10.9 Å². The standard InChI is InChI=1S/C11H11IN2O3/c1-2-17-9(15)6-14-5-7(12)10-8(14)3-4-13-11(10)16/h3-5H,2,6H2,1H3,(H,13,16). The van der Waals surface area contributed by atoms with Crippen molar-refractivity contribution < 1.29 is 14.6 Å². The average Bonchev–Trinajstić information content (AvgIpc) is 2.57. The highest BCUT2D eigenvalue weighted by molar-refractivity contribution is 14.1. The zero-order chi connectivity index (χ0) is 12.4. The Morgan fingerprint density at radius 2 is 2.41 bits per heavy atom. The average molecular weight is 346 g/mol. The summed E-state index contributed by atoms with van der Waals surface area (Å²) in [6.45, 7) is 2.27. The molecule has 0 saturated heterocycles. The van der Waals surface area contributed by atoms with Gasteiger partial charge in [0.15, 0.2) is 0 Å². The third-order valence-corrected chi connectivity index (χ3v) is 3.15. The van der Waals surface area contributed by atoms with Gasteiger partial charge in [-0.05, 0) is 35.6 Å². The van der Waals surface area contributed by atoms with Crippen molar-refractivity contribution in [2.45, 2.75) is 13.5 Å². The molecule has 6 heteroatoms. The minimum atomic E-state index is -0.294. The first-order valence-electron chi connectivity index (χ1n) is 5.11. The Morgan fingerprint density at radius 3 is 3.12 bits per heavy atom. The molecular formula is C11H11IN2O3. The van der Waals surface area contributed by atoms with Gasteiger partial charge in [0.2, 0.25) is 5.88 Å². The first-order valence-corrected chi connectivity index (χ1v) is 6.19. The summed E-state index contributed by atoms with van der Waals surface area (Å²) in [6, 6.07) is 1.76. The summed E-state index contributed by atoms with van der Waals surface area (Å²) in [6.07, 6.45) is 3.30. The molecule has 0 aliphatic heterocycles. The van der Waals surface area contributed by atoms with Crippen molar-refractivity contribution in [2.75, 3.05) is 6.61 Å². The van der Waals surface area contributed by atoms with Crippen molar-refractivity contribution >= 4 is 39.5 Å². The van der Waals surface area contributed by atoms with Crippen LogP contribution in [0.3, 0.4) is 0 Å². The molecule has 0 aromatic carbocycles. The number of rotatable bonds is 3. The largest absolute Gasteiger partial charge is 0.493 e. The van der Waals surface area contributed by atoms with E-state index < -0.39 is 0 Å². The molecule has 0 unspecified atom stereocenters. The van der Waals surface area contributed by atoms with E-state index in [0.29, 0.717) is 12.0 Å². The molecule has 0 atom stereocenters. The van der Waals surface area contributed by atoms with Gasteiger partial charge in [-0.1, -0.05) is 0 Å². The molecule has 0 aliphatic carbocycles. The summed E-state index contributed by atoms with van der Waals surface area (Å²) in [7, 11) is 0. The Hall–Kier alpha value is -1.31. The van der Waals surface area contributed by atoms with Gasteiger partial charge in [-0.3, -0.25) is 4.79 Å². The van der Waals surface area contributed by atoms with Crippen molar-refractivity contribution in [3.63, 3.8) is 0 Å². The fourth-order valence-corrected chi connectivity index (χ4v) is 2.51. The summed E-state index contributed by atoms with van der Waals surface area (Å²) in [5, 5.41) is 10.3. The monoisotopic (exact) mass is 346 g/mol. The number of esters is 1. The van der Waals surface area contributed by atoms with Crippen molar-refractivity contribution in [1.82, 2.24) is 9.55 Å². The first-order chi connectivity index (χ1) is 8.13. The highest BCUT2D eigenvalue weighted by Crippen LogP contribution is 2.28. The van der Waals surface area contributed by atoms with Gasteiger partial charge in [0, 0.05) is 16.0 Å². The Labute approximate surface area is 112 Å². The lowest BCUT2D eigenvalue weighted by Crippen LogP contribution is -2.12. The maximum Gasteiger partial charge on any atom is 0.325 e. The maximum atomic E-state index is 11.4. The molecule has 0 spiro atoms. The second-order valence-electron chi connectivity index (χ2n) is 3.44. The van der Waals surface area contributed by atoms with Crippen LogP contribution in [0.1, 0.15) is 6.92 Å². The topological polar surface area (TPSA) is 64.3 Å². The van der Waals surface area contributed by atoms with E-state index in [1.165, 1.54) is 6.20 Å². The predicted octanol–water partition coefficient (Wildman–Crippen LogP) is 1.91. The third-order valence-electron chi connectivity index (χ3n) is 2.33. The molecule has 5 nitrogen and oxygen atoms in total. The summed E-state index contributed by atoms with van der Waals surface area (Å²) in [5.74, 6) is -0.313. The molecule has 17 heavy (non-hydrogen) atoms. The van der Waals surface area contributed by atoms with Crippen LogP contribution in [0, 0.1) is 3.57 Å².